The number of rotatable bonds is 2. The normalized spacial score (nSPS) is 19.5. The third-order valence-electron chi connectivity index (χ3n) is 3.74. The van der Waals surface area contributed by atoms with Crippen molar-refractivity contribution in [1.29, 1.82) is 0 Å². The molecule has 2 fully saturated rings. The number of fused-ring (bicyclic) bond motifs is 1. The molecule has 0 spiro atoms. The molecule has 26 heavy (non-hydrogen) atoms. The first-order chi connectivity index (χ1) is 12.1. The Morgan fingerprint density at radius 2 is 1.92 bits per heavy atom. The number of carbonyl (C=O) groups excluding carboxylic acids is 1. The van der Waals surface area contributed by atoms with Gasteiger partial charge in [-0.05, 0) is 12.1 Å². The third-order valence-corrected chi connectivity index (χ3v) is 3.74. The van der Waals surface area contributed by atoms with E-state index in [2.05, 4.69) is 10.3 Å². The molecule has 2 amide bonds. The Morgan fingerprint density at radius 3 is 2.38 bits per heavy atom. The van der Waals surface area contributed by atoms with E-state index in [-0.39, 0.29) is 17.8 Å². The largest absolute Gasteiger partial charge is 0.490 e. The van der Waals surface area contributed by atoms with Crippen molar-refractivity contribution in [3.05, 3.63) is 24.0 Å². The smallest absolute Gasteiger partial charge is 0.477 e. The van der Waals surface area contributed by atoms with Crippen LogP contribution in [0, 0.1) is 0 Å². The average molecular weight is 376 g/mol. The molecule has 2 aliphatic rings. The van der Waals surface area contributed by atoms with Crippen LogP contribution in [-0.4, -0.2) is 76.5 Å². The Morgan fingerprint density at radius 1 is 1.27 bits per heavy atom. The zero-order valence-corrected chi connectivity index (χ0v) is 13.2. The van der Waals surface area contributed by atoms with E-state index in [1.165, 1.54) is 12.3 Å². The van der Waals surface area contributed by atoms with Gasteiger partial charge in [-0.3, -0.25) is 4.90 Å². The molecule has 2 saturated heterocycles. The molecule has 142 valence electrons. The Kier molecular flexibility index (Phi) is 5.65. The number of aromatic carboxylic acids is 1. The first-order valence-electron chi connectivity index (χ1n) is 7.39. The van der Waals surface area contributed by atoms with Crippen LogP contribution in [0.5, 0.6) is 0 Å². The van der Waals surface area contributed by atoms with Crippen molar-refractivity contribution in [2.75, 3.05) is 31.1 Å². The van der Waals surface area contributed by atoms with E-state index in [1.807, 2.05) is 4.90 Å². The van der Waals surface area contributed by atoms with Crippen molar-refractivity contribution in [1.82, 2.24) is 15.2 Å². The number of pyridine rings is 1. The lowest BCUT2D eigenvalue weighted by Gasteiger charge is -2.28. The summed E-state index contributed by atoms with van der Waals surface area (Å²) in [4.78, 5) is 39.2. The van der Waals surface area contributed by atoms with Crippen molar-refractivity contribution >= 4 is 23.7 Å². The van der Waals surface area contributed by atoms with Gasteiger partial charge in [0, 0.05) is 26.2 Å². The molecule has 2 aliphatic heterocycles. The van der Waals surface area contributed by atoms with Gasteiger partial charge in [-0.2, -0.15) is 13.2 Å². The summed E-state index contributed by atoms with van der Waals surface area (Å²) in [5.74, 6) is -3.83. The maximum Gasteiger partial charge on any atom is 0.490 e. The number of carboxylic acid groups (broad SMARTS) is 2. The number of aliphatic carboxylic acids is 1. The molecule has 1 aromatic rings. The van der Waals surface area contributed by atoms with Crippen LogP contribution in [0.15, 0.2) is 18.3 Å². The minimum Gasteiger partial charge on any atom is -0.477 e. The molecule has 0 radical (unpaired) electrons. The molecule has 3 rings (SSSR count). The molecule has 0 aromatic carbocycles. The van der Waals surface area contributed by atoms with Gasteiger partial charge in [-0.15, -0.1) is 0 Å². The number of carbonyl (C=O) groups is 3. The number of anilines is 1. The van der Waals surface area contributed by atoms with E-state index in [0.717, 1.165) is 13.1 Å². The number of hydrogen-bond donors (Lipinski definition) is 3. The van der Waals surface area contributed by atoms with Crippen molar-refractivity contribution < 1.29 is 37.8 Å². The van der Waals surface area contributed by atoms with Crippen LogP contribution in [0.25, 0.3) is 0 Å². The zero-order chi connectivity index (χ0) is 19.5. The van der Waals surface area contributed by atoms with Crippen molar-refractivity contribution in [2.24, 2.45) is 0 Å². The van der Waals surface area contributed by atoms with Crippen LogP contribution >= 0.6 is 0 Å². The second-order valence-corrected chi connectivity index (χ2v) is 5.45. The zero-order valence-electron chi connectivity index (χ0n) is 13.2. The van der Waals surface area contributed by atoms with Gasteiger partial charge in [0.25, 0.3) is 0 Å². The molecule has 9 nitrogen and oxygen atoms in total. The summed E-state index contributed by atoms with van der Waals surface area (Å²) in [5.41, 5.74) is 0.624. The Balaban J connectivity index is 0.000000298. The van der Waals surface area contributed by atoms with Crippen LogP contribution in [0.2, 0.25) is 0 Å². The predicted octanol–water partition coefficient (Wildman–Crippen LogP) is 0.627. The van der Waals surface area contributed by atoms with Gasteiger partial charge in [0.05, 0.1) is 17.9 Å². The highest BCUT2D eigenvalue weighted by Gasteiger charge is 2.39. The van der Waals surface area contributed by atoms with Crippen molar-refractivity contribution in [2.45, 2.75) is 12.2 Å². The molecule has 1 atom stereocenters. The molecule has 0 aliphatic carbocycles. The van der Waals surface area contributed by atoms with E-state index in [9.17, 15) is 22.8 Å². The molecule has 12 heteroatoms. The summed E-state index contributed by atoms with van der Waals surface area (Å²) in [6.07, 6.45) is -3.65. The highest BCUT2D eigenvalue weighted by molar-refractivity contribution is 5.95. The molecule has 3 heterocycles. The van der Waals surface area contributed by atoms with Gasteiger partial charge in [0.2, 0.25) is 0 Å². The number of carboxylic acids is 2. The van der Waals surface area contributed by atoms with Gasteiger partial charge < -0.3 is 20.4 Å². The monoisotopic (exact) mass is 376 g/mol. The van der Waals surface area contributed by atoms with Crippen LogP contribution < -0.4 is 10.2 Å². The molecule has 1 aromatic heterocycles. The number of aromatic nitrogens is 1. The van der Waals surface area contributed by atoms with Gasteiger partial charge >= 0.3 is 24.1 Å². The van der Waals surface area contributed by atoms with Crippen LogP contribution in [0.1, 0.15) is 10.5 Å². The maximum absolute atomic E-state index is 12.2. The summed E-state index contributed by atoms with van der Waals surface area (Å²) >= 11 is 0. The van der Waals surface area contributed by atoms with Crippen molar-refractivity contribution in [3.63, 3.8) is 0 Å². The van der Waals surface area contributed by atoms with E-state index in [1.54, 1.807) is 11.0 Å². The second-order valence-electron chi connectivity index (χ2n) is 5.45. The van der Waals surface area contributed by atoms with Gasteiger partial charge in [0.15, 0.2) is 0 Å². The van der Waals surface area contributed by atoms with E-state index in [4.69, 9.17) is 15.0 Å². The lowest BCUT2D eigenvalue weighted by atomic mass is 10.2. The molecule has 3 N–H and O–H groups in total. The highest BCUT2D eigenvalue weighted by atomic mass is 19.4. The molecular formula is C14H15F3N4O5. The Labute approximate surface area is 145 Å². The fourth-order valence-corrected chi connectivity index (χ4v) is 2.51. The fourth-order valence-electron chi connectivity index (χ4n) is 2.51. The number of urea groups is 1. The minimum absolute atomic E-state index is 0.0187. The van der Waals surface area contributed by atoms with Crippen molar-refractivity contribution in [3.8, 4) is 0 Å². The number of nitrogens with zero attached hydrogens (tertiary/aromatic N) is 3. The Bertz CT molecular complexity index is 695. The SMILES string of the molecule is O=C(O)C(F)(F)F.O=C(O)c1ccc(N2CC3CNCCN3C2=O)cn1. The lowest BCUT2D eigenvalue weighted by Crippen LogP contribution is -2.49. The number of halogens is 3. The number of amides is 2. The molecular weight excluding hydrogens is 361 g/mol. The second kappa shape index (κ2) is 7.56. The molecule has 1 unspecified atom stereocenters. The third kappa shape index (κ3) is 4.39. The maximum atomic E-state index is 12.2. The topological polar surface area (TPSA) is 123 Å². The van der Waals surface area contributed by atoms with E-state index >= 15 is 0 Å². The van der Waals surface area contributed by atoms with E-state index < -0.39 is 18.1 Å². The van der Waals surface area contributed by atoms with Gasteiger partial charge in [-0.25, -0.2) is 19.4 Å². The summed E-state index contributed by atoms with van der Waals surface area (Å²) in [6, 6.07) is 3.19. The van der Waals surface area contributed by atoms with Crippen LogP contribution in [-0.2, 0) is 4.79 Å². The number of alkyl halides is 3. The summed E-state index contributed by atoms with van der Waals surface area (Å²) in [5, 5.41) is 19.2. The standard InChI is InChI=1S/C12H14N4O3.C2HF3O2/c17-11(18)10-2-1-8(6-14-10)16-7-9-5-13-3-4-15(9)12(16)19;3-2(4,5)1(6)7/h1-2,6,9,13H,3-5,7H2,(H,17,18);(H,6,7). The molecule has 0 bridgehead atoms. The number of nitrogens with one attached hydrogen (secondary N) is 1. The van der Waals surface area contributed by atoms with Gasteiger partial charge in [-0.1, -0.05) is 0 Å². The predicted molar refractivity (Wildman–Crippen MR) is 81.0 cm³/mol. The Hall–Kier alpha value is -2.89. The highest BCUT2D eigenvalue weighted by Crippen LogP contribution is 2.24. The van der Waals surface area contributed by atoms with Crippen LogP contribution in [0.3, 0.4) is 0 Å². The first-order valence-corrected chi connectivity index (χ1v) is 7.39. The number of piperazine rings is 1. The fraction of sp³-hybridized carbons (Fsp3) is 0.429. The van der Waals surface area contributed by atoms with Crippen LogP contribution in [0.4, 0.5) is 23.7 Å². The lowest BCUT2D eigenvalue weighted by molar-refractivity contribution is -0.192. The van der Waals surface area contributed by atoms with Gasteiger partial charge in [0.1, 0.15) is 5.69 Å². The number of hydrogen-bond acceptors (Lipinski definition) is 5. The minimum atomic E-state index is -5.08. The van der Waals surface area contributed by atoms with E-state index in [0.29, 0.717) is 18.8 Å². The summed E-state index contributed by atoms with van der Waals surface area (Å²) in [6.45, 7) is 2.93. The first kappa shape index (κ1) is 19.4. The summed E-state index contributed by atoms with van der Waals surface area (Å²) in [7, 11) is 0. The quantitative estimate of drug-likeness (QED) is 0.692. The molecule has 0 saturated carbocycles. The average Bonchev–Trinajstić information content (AvgIpc) is 2.92. The summed E-state index contributed by atoms with van der Waals surface area (Å²) < 4.78 is 31.7.